The number of rotatable bonds is 7. The number of hydrogen-bond acceptors (Lipinski definition) is 4. The minimum atomic E-state index is -4.20. The zero-order valence-corrected chi connectivity index (χ0v) is 19.9. The molecule has 1 aliphatic rings. The first-order chi connectivity index (χ1) is 13.4. The number of sulfone groups is 1. The van der Waals surface area contributed by atoms with Crippen LogP contribution in [0.5, 0.6) is 0 Å². The van der Waals surface area contributed by atoms with Crippen LogP contribution in [0.25, 0.3) is 0 Å². The van der Waals surface area contributed by atoms with Gasteiger partial charge in [0.2, 0.25) is 0 Å². The van der Waals surface area contributed by atoms with Crippen molar-refractivity contribution in [3.8, 4) is 0 Å². The molecule has 1 aromatic rings. The van der Waals surface area contributed by atoms with Gasteiger partial charge < -0.3 is 10.6 Å². The molecule has 0 radical (unpaired) electrons. The van der Waals surface area contributed by atoms with E-state index in [1.165, 1.54) is 23.1 Å². The molecule has 2 N–H and O–H groups in total. The number of guanidine groups is 1. The van der Waals surface area contributed by atoms with E-state index in [2.05, 4.69) is 15.6 Å². The molecule has 1 aromatic carbocycles. The number of aliphatic imine (C=N–C) groups is 1. The van der Waals surface area contributed by atoms with Crippen LogP contribution in [-0.4, -0.2) is 64.9 Å². The van der Waals surface area contributed by atoms with Crippen molar-refractivity contribution in [2.24, 2.45) is 10.9 Å². The van der Waals surface area contributed by atoms with Crippen LogP contribution >= 0.6 is 24.0 Å². The van der Waals surface area contributed by atoms with Crippen LogP contribution in [0.2, 0.25) is 0 Å². The molecule has 1 aliphatic heterocycles. The fourth-order valence-corrected chi connectivity index (χ4v) is 4.15. The van der Waals surface area contributed by atoms with Gasteiger partial charge in [-0.1, -0.05) is 6.07 Å². The minimum Gasteiger partial charge on any atom is -0.356 e. The van der Waals surface area contributed by atoms with Crippen LogP contribution in [0.1, 0.15) is 17.5 Å². The van der Waals surface area contributed by atoms with Gasteiger partial charge in [-0.3, -0.25) is 9.89 Å². The lowest BCUT2D eigenvalue weighted by Crippen LogP contribution is -2.40. The molecule has 0 spiro atoms. The molecular weight excluding hydrogens is 539 g/mol. The van der Waals surface area contributed by atoms with E-state index in [4.69, 9.17) is 0 Å². The molecule has 0 amide bonds. The summed E-state index contributed by atoms with van der Waals surface area (Å²) in [6, 6.07) is 3.92. The van der Waals surface area contributed by atoms with Crippen molar-refractivity contribution in [1.82, 2.24) is 15.5 Å². The van der Waals surface area contributed by atoms with Crippen LogP contribution in [0, 0.1) is 11.7 Å². The number of hydrogen-bond donors (Lipinski definition) is 2. The highest BCUT2D eigenvalue weighted by molar-refractivity contribution is 14.0. The van der Waals surface area contributed by atoms with E-state index in [1.807, 2.05) is 0 Å². The molecule has 0 aliphatic carbocycles. The minimum absolute atomic E-state index is 0. The standard InChI is InChI=1S/C18H26F4N4O2S.HI/c1-23-17(24-8-13-5-6-26(10-13)12-18(20,21)22)25-9-15-7-16(19)4-3-14(15)11-29(2,27)28;/h3-4,7,13H,5-6,8-12H2,1-2H3,(H2,23,24,25);1H. The maximum atomic E-state index is 13.6. The second kappa shape index (κ2) is 11.5. The average molecular weight is 566 g/mol. The van der Waals surface area contributed by atoms with Gasteiger partial charge in [0, 0.05) is 32.9 Å². The molecule has 0 bridgehead atoms. The largest absolute Gasteiger partial charge is 0.401 e. The maximum Gasteiger partial charge on any atom is 0.401 e. The van der Waals surface area contributed by atoms with Gasteiger partial charge in [0.25, 0.3) is 0 Å². The Bertz CT molecular complexity index is 834. The summed E-state index contributed by atoms with van der Waals surface area (Å²) in [6.07, 6.45) is -2.44. The van der Waals surface area contributed by atoms with E-state index in [0.717, 1.165) is 6.26 Å². The molecule has 0 aromatic heterocycles. The summed E-state index contributed by atoms with van der Waals surface area (Å²) in [5.74, 6) is -0.203. The first-order valence-electron chi connectivity index (χ1n) is 9.14. The van der Waals surface area contributed by atoms with E-state index in [1.54, 1.807) is 7.05 Å². The van der Waals surface area contributed by atoms with Crippen LogP contribution in [0.15, 0.2) is 23.2 Å². The predicted molar refractivity (Wildman–Crippen MR) is 119 cm³/mol. The van der Waals surface area contributed by atoms with Crippen LogP contribution in [0.4, 0.5) is 17.6 Å². The molecule has 1 atom stereocenters. The van der Waals surface area contributed by atoms with E-state index < -0.39 is 28.4 Å². The zero-order chi connectivity index (χ0) is 21.7. The van der Waals surface area contributed by atoms with Crippen LogP contribution in [-0.2, 0) is 22.1 Å². The molecule has 30 heavy (non-hydrogen) atoms. The van der Waals surface area contributed by atoms with E-state index in [0.29, 0.717) is 43.1 Å². The highest BCUT2D eigenvalue weighted by atomic mass is 127. The van der Waals surface area contributed by atoms with Gasteiger partial charge in [0.1, 0.15) is 5.82 Å². The Labute approximate surface area is 191 Å². The molecule has 172 valence electrons. The van der Waals surface area contributed by atoms with Crippen molar-refractivity contribution in [1.29, 1.82) is 0 Å². The summed E-state index contributed by atoms with van der Waals surface area (Å²) in [4.78, 5) is 5.44. The monoisotopic (exact) mass is 566 g/mol. The Morgan fingerprint density at radius 2 is 1.97 bits per heavy atom. The predicted octanol–water partition coefficient (Wildman–Crippen LogP) is 2.54. The van der Waals surface area contributed by atoms with Gasteiger partial charge in [0.05, 0.1) is 12.3 Å². The van der Waals surface area contributed by atoms with Crippen molar-refractivity contribution in [3.63, 3.8) is 0 Å². The highest BCUT2D eigenvalue weighted by Gasteiger charge is 2.34. The van der Waals surface area contributed by atoms with Crippen molar-refractivity contribution in [3.05, 3.63) is 35.1 Å². The third-order valence-electron chi connectivity index (χ3n) is 4.59. The molecule has 1 heterocycles. The summed E-state index contributed by atoms with van der Waals surface area (Å²) in [6.45, 7) is 0.460. The van der Waals surface area contributed by atoms with Gasteiger partial charge in [-0.25, -0.2) is 12.8 Å². The molecule has 1 unspecified atom stereocenters. The first-order valence-corrected chi connectivity index (χ1v) is 11.2. The topological polar surface area (TPSA) is 73.8 Å². The van der Waals surface area contributed by atoms with Crippen LogP contribution in [0.3, 0.4) is 0 Å². The van der Waals surface area contributed by atoms with E-state index in [9.17, 15) is 26.0 Å². The lowest BCUT2D eigenvalue weighted by atomic mass is 10.1. The molecule has 2 rings (SSSR count). The quantitative estimate of drug-likeness (QED) is 0.230. The van der Waals surface area contributed by atoms with Crippen LogP contribution < -0.4 is 10.6 Å². The van der Waals surface area contributed by atoms with Gasteiger partial charge >= 0.3 is 6.18 Å². The second-order valence-electron chi connectivity index (χ2n) is 7.29. The Kier molecular flexibility index (Phi) is 10.3. The smallest absolute Gasteiger partial charge is 0.356 e. The summed E-state index contributed by atoms with van der Waals surface area (Å²) in [5, 5.41) is 6.06. The summed E-state index contributed by atoms with van der Waals surface area (Å²) in [5.41, 5.74) is 0.992. The molecule has 6 nitrogen and oxygen atoms in total. The number of likely N-dealkylation sites (tertiary alicyclic amines) is 1. The summed E-state index contributed by atoms with van der Waals surface area (Å²) < 4.78 is 74.2. The summed E-state index contributed by atoms with van der Waals surface area (Å²) in [7, 11) is -1.73. The highest BCUT2D eigenvalue weighted by Crippen LogP contribution is 2.22. The Balaban J connectivity index is 0.00000450. The number of nitrogens with one attached hydrogen (secondary N) is 2. The van der Waals surface area contributed by atoms with Crippen molar-refractivity contribution in [2.45, 2.75) is 24.9 Å². The fraction of sp³-hybridized carbons (Fsp3) is 0.611. The van der Waals surface area contributed by atoms with Gasteiger partial charge in [-0.15, -0.1) is 24.0 Å². The lowest BCUT2D eigenvalue weighted by Gasteiger charge is -2.19. The first kappa shape index (κ1) is 26.9. The number of alkyl halides is 3. The molecule has 12 heteroatoms. The van der Waals surface area contributed by atoms with E-state index >= 15 is 0 Å². The Morgan fingerprint density at radius 3 is 2.57 bits per heavy atom. The SMILES string of the molecule is CN=C(NCc1cc(F)ccc1CS(C)(=O)=O)NCC1CCN(CC(F)(F)F)C1.I. The number of halogens is 5. The van der Waals surface area contributed by atoms with Crippen molar-refractivity contribution >= 4 is 39.8 Å². The Morgan fingerprint density at radius 1 is 1.27 bits per heavy atom. The van der Waals surface area contributed by atoms with Gasteiger partial charge in [-0.2, -0.15) is 13.2 Å². The van der Waals surface area contributed by atoms with Crippen molar-refractivity contribution < 1.29 is 26.0 Å². The van der Waals surface area contributed by atoms with E-state index in [-0.39, 0.29) is 42.2 Å². The normalized spacial score (nSPS) is 18.2. The fourth-order valence-electron chi connectivity index (χ4n) is 3.30. The number of nitrogens with zero attached hydrogens (tertiary/aromatic N) is 2. The number of benzene rings is 1. The third kappa shape index (κ3) is 9.77. The maximum absolute atomic E-state index is 13.6. The van der Waals surface area contributed by atoms with Crippen molar-refractivity contribution in [2.75, 3.05) is 39.5 Å². The molecule has 1 fully saturated rings. The van der Waals surface area contributed by atoms with Gasteiger partial charge in [0.15, 0.2) is 15.8 Å². The summed E-state index contributed by atoms with van der Waals surface area (Å²) >= 11 is 0. The lowest BCUT2D eigenvalue weighted by molar-refractivity contribution is -0.143. The molecule has 0 saturated carbocycles. The molecule has 1 saturated heterocycles. The average Bonchev–Trinajstić information content (AvgIpc) is 3.01. The third-order valence-corrected chi connectivity index (χ3v) is 5.42. The van der Waals surface area contributed by atoms with Gasteiger partial charge in [-0.05, 0) is 42.1 Å². The zero-order valence-electron chi connectivity index (χ0n) is 16.8. The second-order valence-corrected chi connectivity index (χ2v) is 9.43. The Hall–Kier alpha value is -1.15. The molecular formula is C18H27F4IN4O2S.